The minimum absolute atomic E-state index is 0.345. The number of aliphatic hydroxyl groups excluding tert-OH is 1. The Labute approximate surface area is 131 Å². The van der Waals surface area contributed by atoms with Crippen molar-refractivity contribution in [1.82, 2.24) is 0 Å². The third-order valence-corrected chi connectivity index (χ3v) is 3.83. The molecule has 0 radical (unpaired) electrons. The van der Waals surface area contributed by atoms with Gasteiger partial charge in [0, 0.05) is 5.02 Å². The third-order valence-electron chi connectivity index (χ3n) is 3.51. The maximum atomic E-state index is 9.52. The molecule has 3 heteroatoms. The molecular formula is C18H21ClO2. The topological polar surface area (TPSA) is 29.5 Å². The molecule has 0 amide bonds. The summed E-state index contributed by atoms with van der Waals surface area (Å²) < 4.78 is 5.95. The number of hydrogen-bond acceptors (Lipinski definition) is 2. The molecule has 112 valence electrons. The van der Waals surface area contributed by atoms with Crippen LogP contribution in [0.15, 0.2) is 36.4 Å². The molecule has 0 heterocycles. The van der Waals surface area contributed by atoms with Gasteiger partial charge in [0.05, 0.1) is 6.10 Å². The molecule has 2 aromatic carbocycles. The number of aryl methyl sites for hydroxylation is 1. The van der Waals surface area contributed by atoms with E-state index in [0.29, 0.717) is 5.92 Å². The van der Waals surface area contributed by atoms with Crippen molar-refractivity contribution >= 4 is 11.6 Å². The molecule has 1 atom stereocenters. The van der Waals surface area contributed by atoms with Gasteiger partial charge in [-0.15, -0.1) is 0 Å². The second-order valence-electron chi connectivity index (χ2n) is 5.64. The van der Waals surface area contributed by atoms with E-state index in [0.717, 1.165) is 33.2 Å². The highest BCUT2D eigenvalue weighted by Gasteiger charge is 2.11. The number of halogens is 1. The average Bonchev–Trinajstić information content (AvgIpc) is 2.42. The Morgan fingerprint density at radius 2 is 1.67 bits per heavy atom. The van der Waals surface area contributed by atoms with Gasteiger partial charge in [0.15, 0.2) is 0 Å². The second-order valence-corrected chi connectivity index (χ2v) is 6.05. The lowest BCUT2D eigenvalue weighted by Crippen LogP contribution is -1.95. The maximum absolute atomic E-state index is 9.52. The van der Waals surface area contributed by atoms with E-state index in [4.69, 9.17) is 16.3 Å². The molecule has 0 aliphatic heterocycles. The van der Waals surface area contributed by atoms with Gasteiger partial charge in [-0.3, -0.25) is 0 Å². The zero-order valence-corrected chi connectivity index (χ0v) is 13.6. The first-order chi connectivity index (χ1) is 9.88. The van der Waals surface area contributed by atoms with Crippen LogP contribution in [-0.4, -0.2) is 5.11 Å². The predicted octanol–water partition coefficient (Wildman–Crippen LogP) is 5.62. The monoisotopic (exact) mass is 304 g/mol. The van der Waals surface area contributed by atoms with Gasteiger partial charge in [-0.2, -0.15) is 0 Å². The normalized spacial score (nSPS) is 12.5. The Balaban J connectivity index is 2.28. The van der Waals surface area contributed by atoms with Crippen LogP contribution in [0.5, 0.6) is 11.5 Å². The maximum Gasteiger partial charge on any atom is 0.130 e. The minimum Gasteiger partial charge on any atom is -0.457 e. The van der Waals surface area contributed by atoms with Crippen LogP contribution >= 0.6 is 11.6 Å². The van der Waals surface area contributed by atoms with Crippen molar-refractivity contribution in [1.29, 1.82) is 0 Å². The van der Waals surface area contributed by atoms with Gasteiger partial charge >= 0.3 is 0 Å². The number of benzene rings is 2. The van der Waals surface area contributed by atoms with Crippen LogP contribution in [0.3, 0.4) is 0 Å². The van der Waals surface area contributed by atoms with E-state index in [9.17, 15) is 5.11 Å². The molecule has 2 rings (SSSR count). The number of rotatable bonds is 4. The number of aliphatic hydroxyl groups is 1. The van der Waals surface area contributed by atoms with Gasteiger partial charge in [0.25, 0.3) is 0 Å². The van der Waals surface area contributed by atoms with Crippen molar-refractivity contribution in [3.63, 3.8) is 0 Å². The van der Waals surface area contributed by atoms with E-state index in [2.05, 4.69) is 13.8 Å². The zero-order valence-electron chi connectivity index (χ0n) is 12.9. The van der Waals surface area contributed by atoms with Crippen molar-refractivity contribution in [2.75, 3.05) is 0 Å². The summed E-state index contributed by atoms with van der Waals surface area (Å²) in [6, 6.07) is 11.4. The predicted molar refractivity (Wildman–Crippen MR) is 87.4 cm³/mol. The third kappa shape index (κ3) is 3.78. The molecule has 0 fully saturated rings. The molecule has 0 unspecified atom stereocenters. The molecule has 21 heavy (non-hydrogen) atoms. The molecular weight excluding hydrogens is 284 g/mol. The van der Waals surface area contributed by atoms with Crippen LogP contribution in [0, 0.1) is 6.92 Å². The van der Waals surface area contributed by atoms with Crippen molar-refractivity contribution in [2.45, 2.75) is 39.7 Å². The summed E-state index contributed by atoms with van der Waals surface area (Å²) in [6.07, 6.45) is -0.469. The molecule has 0 spiro atoms. The van der Waals surface area contributed by atoms with E-state index < -0.39 is 6.10 Å². The summed E-state index contributed by atoms with van der Waals surface area (Å²) in [5.74, 6) is 1.91. The summed E-state index contributed by atoms with van der Waals surface area (Å²) in [5.41, 5.74) is 2.96. The van der Waals surface area contributed by atoms with Crippen LogP contribution in [-0.2, 0) is 0 Å². The Morgan fingerprint density at radius 3 is 2.19 bits per heavy atom. The quantitative estimate of drug-likeness (QED) is 0.794. The van der Waals surface area contributed by atoms with Gasteiger partial charge in [-0.05, 0) is 60.7 Å². The highest BCUT2D eigenvalue weighted by atomic mass is 35.5. The fraction of sp³-hybridized carbons (Fsp3) is 0.333. The van der Waals surface area contributed by atoms with Gasteiger partial charge in [-0.25, -0.2) is 0 Å². The fourth-order valence-electron chi connectivity index (χ4n) is 2.16. The average molecular weight is 305 g/mol. The lowest BCUT2D eigenvalue weighted by molar-refractivity contribution is 0.199. The van der Waals surface area contributed by atoms with Crippen LogP contribution in [0.4, 0.5) is 0 Å². The van der Waals surface area contributed by atoms with Crippen molar-refractivity contribution in [3.8, 4) is 11.5 Å². The zero-order chi connectivity index (χ0) is 15.6. The van der Waals surface area contributed by atoms with Crippen LogP contribution in [0.25, 0.3) is 0 Å². The summed E-state index contributed by atoms with van der Waals surface area (Å²) in [6.45, 7) is 7.94. The molecule has 0 aliphatic carbocycles. The first-order valence-electron chi connectivity index (χ1n) is 7.14. The molecule has 2 aromatic rings. The van der Waals surface area contributed by atoms with Crippen LogP contribution in [0.2, 0.25) is 5.02 Å². The minimum atomic E-state index is -0.469. The highest BCUT2D eigenvalue weighted by molar-refractivity contribution is 6.31. The Hall–Kier alpha value is -1.51. The number of hydrogen-bond donors (Lipinski definition) is 1. The van der Waals surface area contributed by atoms with Gasteiger partial charge < -0.3 is 9.84 Å². The lowest BCUT2D eigenvalue weighted by atomic mass is 10.0. The van der Waals surface area contributed by atoms with Crippen LogP contribution < -0.4 is 4.74 Å². The van der Waals surface area contributed by atoms with Crippen LogP contribution in [0.1, 0.15) is 49.5 Å². The summed E-state index contributed by atoms with van der Waals surface area (Å²) in [4.78, 5) is 0. The SMILES string of the molecule is Cc1cc(Cl)c(C(C)C)cc1Oc1ccc([C@@H](C)O)cc1. The fourth-order valence-corrected chi connectivity index (χ4v) is 2.60. The number of ether oxygens (including phenoxy) is 1. The second kappa shape index (κ2) is 6.50. The standard InChI is InChI=1S/C18H21ClO2/c1-11(2)16-10-18(12(3)9-17(16)19)21-15-7-5-14(6-8-15)13(4)20/h5-11,13,20H,1-4H3/t13-/m1/s1. The largest absolute Gasteiger partial charge is 0.457 e. The summed E-state index contributed by atoms with van der Waals surface area (Å²) in [5, 5.41) is 10.3. The molecule has 2 nitrogen and oxygen atoms in total. The van der Waals surface area contributed by atoms with E-state index >= 15 is 0 Å². The van der Waals surface area contributed by atoms with Crippen molar-refractivity contribution in [3.05, 3.63) is 58.1 Å². The molecule has 0 bridgehead atoms. The van der Waals surface area contributed by atoms with E-state index in [1.54, 1.807) is 6.92 Å². The van der Waals surface area contributed by atoms with Gasteiger partial charge in [0.2, 0.25) is 0 Å². The molecule has 0 saturated heterocycles. The Kier molecular flexibility index (Phi) is 4.92. The summed E-state index contributed by atoms with van der Waals surface area (Å²) >= 11 is 6.27. The smallest absolute Gasteiger partial charge is 0.130 e. The summed E-state index contributed by atoms with van der Waals surface area (Å²) in [7, 11) is 0. The van der Waals surface area contributed by atoms with Gasteiger partial charge in [0.1, 0.15) is 11.5 Å². The van der Waals surface area contributed by atoms with E-state index in [1.165, 1.54) is 0 Å². The van der Waals surface area contributed by atoms with E-state index in [1.807, 2.05) is 43.3 Å². The molecule has 1 N–H and O–H groups in total. The first-order valence-corrected chi connectivity index (χ1v) is 7.52. The Morgan fingerprint density at radius 1 is 1.05 bits per heavy atom. The Bertz CT molecular complexity index is 616. The lowest BCUT2D eigenvalue weighted by Gasteiger charge is -2.15. The van der Waals surface area contributed by atoms with Gasteiger partial charge in [-0.1, -0.05) is 37.6 Å². The molecule has 0 saturated carbocycles. The van der Waals surface area contributed by atoms with Crippen molar-refractivity contribution < 1.29 is 9.84 Å². The molecule has 0 aromatic heterocycles. The van der Waals surface area contributed by atoms with E-state index in [-0.39, 0.29) is 0 Å². The highest BCUT2D eigenvalue weighted by Crippen LogP contribution is 2.34. The van der Waals surface area contributed by atoms with Crippen molar-refractivity contribution in [2.24, 2.45) is 0 Å². The molecule has 0 aliphatic rings. The first kappa shape index (κ1) is 15.9.